The van der Waals surface area contributed by atoms with Crippen LogP contribution in [0.4, 0.5) is 0 Å². The fraction of sp³-hybridized carbons (Fsp3) is 0.414. The second-order valence-corrected chi connectivity index (χ2v) is 8.75. The highest BCUT2D eigenvalue weighted by atomic mass is 16.5. The molecule has 0 saturated heterocycles. The van der Waals surface area contributed by atoms with E-state index in [1.165, 1.54) is 7.11 Å². The number of nitrogens with one attached hydrogen (secondary N) is 1. The summed E-state index contributed by atoms with van der Waals surface area (Å²) in [6.07, 6.45) is 3.29. The summed E-state index contributed by atoms with van der Waals surface area (Å²) in [6, 6.07) is 13.5. The van der Waals surface area contributed by atoms with Crippen molar-refractivity contribution in [3.8, 4) is 17.6 Å². The van der Waals surface area contributed by atoms with E-state index in [0.29, 0.717) is 60.1 Å². The van der Waals surface area contributed by atoms with Gasteiger partial charge in [0.25, 0.3) is 0 Å². The van der Waals surface area contributed by atoms with Gasteiger partial charge in [0.15, 0.2) is 11.3 Å². The van der Waals surface area contributed by atoms with E-state index < -0.39 is 5.97 Å². The average molecular weight is 523 g/mol. The lowest BCUT2D eigenvalue weighted by Crippen LogP contribution is -2.26. The SMILES string of the molecule is COc1ccc(CCCOC(=O)c2c(CCCC#N)oc3c(OC)cc(CCC(=O)NCCO)cc23)cc1. The van der Waals surface area contributed by atoms with E-state index in [1.807, 2.05) is 30.3 Å². The van der Waals surface area contributed by atoms with E-state index in [4.69, 9.17) is 29.0 Å². The molecule has 0 bridgehead atoms. The van der Waals surface area contributed by atoms with Gasteiger partial charge in [-0.25, -0.2) is 4.79 Å². The number of aryl methyl sites for hydroxylation is 3. The zero-order valence-corrected chi connectivity index (χ0v) is 21.9. The van der Waals surface area contributed by atoms with Gasteiger partial charge in [-0.15, -0.1) is 0 Å². The van der Waals surface area contributed by atoms with Crippen LogP contribution >= 0.6 is 0 Å². The van der Waals surface area contributed by atoms with Crippen molar-refractivity contribution in [2.24, 2.45) is 0 Å². The zero-order valence-electron chi connectivity index (χ0n) is 21.9. The molecule has 0 saturated carbocycles. The number of nitriles is 1. The van der Waals surface area contributed by atoms with Crippen molar-refractivity contribution >= 4 is 22.8 Å². The first kappa shape index (κ1) is 28.5. The summed E-state index contributed by atoms with van der Waals surface area (Å²) in [5.41, 5.74) is 2.67. The number of hydrogen-bond donors (Lipinski definition) is 2. The van der Waals surface area contributed by atoms with Gasteiger partial charge < -0.3 is 29.1 Å². The summed E-state index contributed by atoms with van der Waals surface area (Å²) >= 11 is 0. The Balaban J connectivity index is 1.79. The number of rotatable bonds is 15. The maximum absolute atomic E-state index is 13.3. The Labute approximate surface area is 222 Å². The van der Waals surface area contributed by atoms with Gasteiger partial charge in [0.05, 0.1) is 33.5 Å². The zero-order chi connectivity index (χ0) is 27.3. The number of furan rings is 1. The maximum Gasteiger partial charge on any atom is 0.342 e. The molecule has 0 atom stereocenters. The molecule has 0 unspecified atom stereocenters. The third-order valence-corrected chi connectivity index (χ3v) is 6.08. The lowest BCUT2D eigenvalue weighted by atomic mass is 10.0. The number of fused-ring (bicyclic) bond motifs is 1. The topological polar surface area (TPSA) is 131 Å². The molecule has 1 amide bonds. The van der Waals surface area contributed by atoms with Crippen LogP contribution in [0, 0.1) is 11.3 Å². The van der Waals surface area contributed by atoms with Crippen LogP contribution in [0.15, 0.2) is 40.8 Å². The molecule has 1 aromatic heterocycles. The van der Waals surface area contributed by atoms with Crippen molar-refractivity contribution in [3.05, 3.63) is 58.8 Å². The quantitative estimate of drug-likeness (QED) is 0.225. The molecule has 0 fully saturated rings. The first-order chi connectivity index (χ1) is 18.5. The average Bonchev–Trinajstić information content (AvgIpc) is 3.31. The number of esters is 1. The molecule has 1 heterocycles. The molecule has 0 aliphatic rings. The van der Waals surface area contributed by atoms with Crippen molar-refractivity contribution in [1.29, 1.82) is 5.26 Å². The molecule has 0 aliphatic carbocycles. The number of benzene rings is 2. The summed E-state index contributed by atoms with van der Waals surface area (Å²) in [5, 5.41) is 21.0. The molecule has 9 heteroatoms. The van der Waals surface area contributed by atoms with Gasteiger partial charge in [0.1, 0.15) is 17.1 Å². The second kappa shape index (κ2) is 14.6. The number of unbranched alkanes of at least 4 members (excludes halogenated alkanes) is 1. The molecule has 0 spiro atoms. The third kappa shape index (κ3) is 7.73. The molecule has 2 aromatic carbocycles. The largest absolute Gasteiger partial charge is 0.497 e. The molecular formula is C29H34N2O7. The molecule has 202 valence electrons. The number of amides is 1. The van der Waals surface area contributed by atoms with E-state index >= 15 is 0 Å². The number of carbonyl (C=O) groups excluding carboxylic acids is 2. The monoisotopic (exact) mass is 522 g/mol. The molecule has 9 nitrogen and oxygen atoms in total. The second-order valence-electron chi connectivity index (χ2n) is 8.75. The van der Waals surface area contributed by atoms with Crippen molar-refractivity contribution in [3.63, 3.8) is 0 Å². The first-order valence-corrected chi connectivity index (χ1v) is 12.7. The van der Waals surface area contributed by atoms with E-state index in [-0.39, 0.29) is 32.1 Å². The summed E-state index contributed by atoms with van der Waals surface area (Å²) in [5.74, 6) is 1.01. The number of aliphatic hydroxyl groups is 1. The van der Waals surface area contributed by atoms with Gasteiger partial charge in [-0.1, -0.05) is 12.1 Å². The van der Waals surface area contributed by atoms with Gasteiger partial charge in [-0.05, 0) is 61.1 Å². The van der Waals surface area contributed by atoms with Gasteiger partial charge >= 0.3 is 5.97 Å². The molecule has 3 rings (SSSR count). The minimum absolute atomic E-state index is 0.124. The van der Waals surface area contributed by atoms with Crippen LogP contribution in [-0.4, -0.2) is 51.0 Å². The van der Waals surface area contributed by atoms with Crippen LogP contribution in [0.3, 0.4) is 0 Å². The Morgan fingerprint density at radius 3 is 2.50 bits per heavy atom. The van der Waals surface area contributed by atoms with Crippen molar-refractivity contribution in [1.82, 2.24) is 5.32 Å². The molecule has 2 N–H and O–H groups in total. The van der Waals surface area contributed by atoms with Crippen LogP contribution < -0.4 is 14.8 Å². The fourth-order valence-electron chi connectivity index (χ4n) is 4.15. The minimum Gasteiger partial charge on any atom is -0.497 e. The van der Waals surface area contributed by atoms with Crippen LogP contribution in [-0.2, 0) is 28.8 Å². The van der Waals surface area contributed by atoms with Crippen LogP contribution in [0.1, 0.15) is 52.9 Å². The highest BCUT2D eigenvalue weighted by Crippen LogP contribution is 2.36. The Kier molecular flexibility index (Phi) is 11.0. The Morgan fingerprint density at radius 2 is 1.82 bits per heavy atom. The predicted molar refractivity (Wildman–Crippen MR) is 141 cm³/mol. The fourth-order valence-corrected chi connectivity index (χ4v) is 4.15. The lowest BCUT2D eigenvalue weighted by molar-refractivity contribution is -0.121. The minimum atomic E-state index is -0.495. The maximum atomic E-state index is 13.3. The summed E-state index contributed by atoms with van der Waals surface area (Å²) in [4.78, 5) is 25.3. The highest BCUT2D eigenvalue weighted by Gasteiger charge is 2.25. The van der Waals surface area contributed by atoms with Crippen LogP contribution in [0.5, 0.6) is 11.5 Å². The van der Waals surface area contributed by atoms with Gasteiger partial charge in [-0.2, -0.15) is 5.26 Å². The number of carbonyl (C=O) groups is 2. The normalized spacial score (nSPS) is 10.7. The number of aliphatic hydroxyl groups excluding tert-OH is 1. The Morgan fingerprint density at radius 1 is 1.03 bits per heavy atom. The third-order valence-electron chi connectivity index (χ3n) is 6.08. The Hall–Kier alpha value is -4.03. The summed E-state index contributed by atoms with van der Waals surface area (Å²) in [6.45, 7) is 0.307. The summed E-state index contributed by atoms with van der Waals surface area (Å²) < 4.78 is 22.4. The highest BCUT2D eigenvalue weighted by molar-refractivity contribution is 6.06. The number of nitrogens with zero attached hydrogens (tertiary/aromatic N) is 1. The van der Waals surface area contributed by atoms with Gasteiger partial charge in [-0.3, -0.25) is 4.79 Å². The molecule has 0 radical (unpaired) electrons. The Bertz CT molecular complexity index is 1260. The van der Waals surface area contributed by atoms with E-state index in [2.05, 4.69) is 11.4 Å². The van der Waals surface area contributed by atoms with Gasteiger partial charge in [0.2, 0.25) is 5.91 Å². The first-order valence-electron chi connectivity index (χ1n) is 12.7. The number of hydrogen-bond acceptors (Lipinski definition) is 8. The van der Waals surface area contributed by atoms with E-state index in [1.54, 1.807) is 13.2 Å². The number of ether oxygens (including phenoxy) is 3. The molecular weight excluding hydrogens is 488 g/mol. The van der Waals surface area contributed by atoms with Crippen LogP contribution in [0.2, 0.25) is 0 Å². The lowest BCUT2D eigenvalue weighted by Gasteiger charge is -2.08. The number of methoxy groups -OCH3 is 2. The molecule has 38 heavy (non-hydrogen) atoms. The molecule has 0 aliphatic heterocycles. The van der Waals surface area contributed by atoms with Crippen LogP contribution in [0.25, 0.3) is 11.0 Å². The van der Waals surface area contributed by atoms with E-state index in [0.717, 1.165) is 23.3 Å². The van der Waals surface area contributed by atoms with Gasteiger partial charge in [0, 0.05) is 31.2 Å². The van der Waals surface area contributed by atoms with Crippen molar-refractivity contribution in [2.45, 2.75) is 44.9 Å². The van der Waals surface area contributed by atoms with Crippen molar-refractivity contribution in [2.75, 3.05) is 34.0 Å². The standard InChI is InChI=1S/C29H34N2O7/c1-35-22-11-8-20(9-12-22)6-5-17-37-29(34)27-23-18-21(10-13-26(33)31-15-16-32)19-25(36-2)28(23)38-24(27)7-3-4-14-30/h8-9,11-12,18-19,32H,3-7,10,13,15-17H2,1-2H3,(H,31,33). The van der Waals surface area contributed by atoms with Crippen molar-refractivity contribution < 1.29 is 33.3 Å². The predicted octanol–water partition coefficient (Wildman–Crippen LogP) is 4.13. The summed E-state index contributed by atoms with van der Waals surface area (Å²) in [7, 11) is 3.14. The van der Waals surface area contributed by atoms with E-state index in [9.17, 15) is 9.59 Å². The smallest absolute Gasteiger partial charge is 0.342 e. The molecule has 3 aromatic rings.